The van der Waals surface area contributed by atoms with Gasteiger partial charge < -0.3 is 10.1 Å². The summed E-state index contributed by atoms with van der Waals surface area (Å²) in [4.78, 5) is 4.43. The number of aryl methyl sites for hydroxylation is 2. The Kier molecular flexibility index (Phi) is 4.85. The van der Waals surface area contributed by atoms with Crippen LogP contribution in [0.4, 0.5) is 0 Å². The minimum absolute atomic E-state index is 0.154. The molecule has 1 N–H and O–H groups in total. The largest absolute Gasteiger partial charge is 0.372 e. The first-order chi connectivity index (χ1) is 10.8. The molecule has 0 amide bonds. The summed E-state index contributed by atoms with van der Waals surface area (Å²) in [5.41, 5.74) is 3.47. The van der Waals surface area contributed by atoms with E-state index < -0.39 is 0 Å². The van der Waals surface area contributed by atoms with E-state index in [0.717, 1.165) is 38.4 Å². The van der Waals surface area contributed by atoms with Crippen molar-refractivity contribution in [3.8, 4) is 0 Å². The number of pyridine rings is 1. The van der Waals surface area contributed by atoms with Gasteiger partial charge in [-0.1, -0.05) is 6.07 Å². The third-order valence-corrected chi connectivity index (χ3v) is 4.24. The quantitative estimate of drug-likeness (QED) is 0.890. The topological polar surface area (TPSA) is 52.0 Å². The van der Waals surface area contributed by atoms with Crippen molar-refractivity contribution < 1.29 is 4.74 Å². The average Bonchev–Trinajstić information content (AvgIpc) is 3.17. The zero-order chi connectivity index (χ0) is 15.4. The van der Waals surface area contributed by atoms with Crippen molar-refractivity contribution in [2.24, 2.45) is 5.92 Å². The van der Waals surface area contributed by atoms with E-state index in [9.17, 15) is 0 Å². The minimum atomic E-state index is 0.154. The molecule has 1 saturated heterocycles. The molecule has 3 heterocycles. The highest BCUT2D eigenvalue weighted by Crippen LogP contribution is 2.33. The van der Waals surface area contributed by atoms with Crippen LogP contribution in [0, 0.1) is 12.8 Å². The zero-order valence-electron chi connectivity index (χ0n) is 13.3. The van der Waals surface area contributed by atoms with Gasteiger partial charge in [0.25, 0.3) is 0 Å². The molecule has 2 aromatic heterocycles. The highest BCUT2D eigenvalue weighted by molar-refractivity contribution is 5.12. The van der Waals surface area contributed by atoms with Crippen LogP contribution in [0.15, 0.2) is 30.6 Å². The van der Waals surface area contributed by atoms with E-state index in [1.807, 2.05) is 17.1 Å². The Bertz CT molecular complexity index is 593. The Hall–Kier alpha value is -1.72. The van der Waals surface area contributed by atoms with Crippen molar-refractivity contribution in [1.82, 2.24) is 20.1 Å². The maximum Gasteiger partial charge on any atom is 0.103 e. The fourth-order valence-electron chi connectivity index (χ4n) is 3.01. The Morgan fingerprint density at radius 2 is 2.27 bits per heavy atom. The summed E-state index contributed by atoms with van der Waals surface area (Å²) in [6.07, 6.45) is 5.02. The van der Waals surface area contributed by atoms with E-state index in [0.29, 0.717) is 5.92 Å². The van der Waals surface area contributed by atoms with Gasteiger partial charge >= 0.3 is 0 Å². The first-order valence-corrected chi connectivity index (χ1v) is 8.03. The van der Waals surface area contributed by atoms with Crippen molar-refractivity contribution in [2.45, 2.75) is 39.5 Å². The van der Waals surface area contributed by atoms with Crippen LogP contribution in [0.5, 0.6) is 0 Å². The van der Waals surface area contributed by atoms with Crippen LogP contribution >= 0.6 is 0 Å². The van der Waals surface area contributed by atoms with Crippen molar-refractivity contribution in [1.29, 1.82) is 0 Å². The molecule has 2 atom stereocenters. The number of hydrogen-bond donors (Lipinski definition) is 1. The fraction of sp³-hybridized carbons (Fsp3) is 0.529. The second kappa shape index (κ2) is 7.03. The Labute approximate surface area is 131 Å². The van der Waals surface area contributed by atoms with E-state index in [1.54, 1.807) is 0 Å². The number of rotatable bonds is 6. The zero-order valence-corrected chi connectivity index (χ0v) is 13.3. The molecule has 0 unspecified atom stereocenters. The molecule has 1 aliphatic heterocycles. The Morgan fingerprint density at radius 1 is 1.36 bits per heavy atom. The lowest BCUT2D eigenvalue weighted by molar-refractivity contribution is 0.0830. The second-order valence-corrected chi connectivity index (χ2v) is 5.87. The third-order valence-electron chi connectivity index (χ3n) is 4.24. The number of nitrogens with one attached hydrogen (secondary N) is 1. The van der Waals surface area contributed by atoms with Crippen molar-refractivity contribution in [2.75, 3.05) is 13.2 Å². The number of nitrogens with zero attached hydrogens (tertiary/aromatic N) is 3. The van der Waals surface area contributed by atoms with Crippen molar-refractivity contribution in [3.63, 3.8) is 0 Å². The van der Waals surface area contributed by atoms with E-state index >= 15 is 0 Å². The molecule has 0 aliphatic carbocycles. The third kappa shape index (κ3) is 3.36. The van der Waals surface area contributed by atoms with Crippen LogP contribution in [-0.2, 0) is 17.8 Å². The second-order valence-electron chi connectivity index (χ2n) is 5.87. The summed E-state index contributed by atoms with van der Waals surface area (Å²) < 4.78 is 7.99. The van der Waals surface area contributed by atoms with Gasteiger partial charge in [-0.05, 0) is 38.0 Å². The van der Waals surface area contributed by atoms with Gasteiger partial charge in [0.15, 0.2) is 0 Å². The summed E-state index contributed by atoms with van der Waals surface area (Å²) in [6, 6.07) is 6.26. The highest BCUT2D eigenvalue weighted by atomic mass is 16.5. The molecule has 5 heteroatoms. The number of aromatic nitrogens is 3. The van der Waals surface area contributed by atoms with Gasteiger partial charge in [-0.3, -0.25) is 9.67 Å². The molecule has 3 rings (SSSR count). The molecule has 0 saturated carbocycles. The summed E-state index contributed by atoms with van der Waals surface area (Å²) in [5.74, 6) is 0.493. The molecule has 1 fully saturated rings. The summed E-state index contributed by atoms with van der Waals surface area (Å²) >= 11 is 0. The van der Waals surface area contributed by atoms with E-state index in [-0.39, 0.29) is 6.10 Å². The molecule has 22 heavy (non-hydrogen) atoms. The van der Waals surface area contributed by atoms with Crippen LogP contribution in [-0.4, -0.2) is 27.9 Å². The monoisotopic (exact) mass is 300 g/mol. The molecule has 118 valence electrons. The van der Waals surface area contributed by atoms with E-state index in [2.05, 4.69) is 47.4 Å². The molecule has 1 aliphatic rings. The maximum absolute atomic E-state index is 5.95. The van der Waals surface area contributed by atoms with E-state index in [4.69, 9.17) is 4.74 Å². The number of ether oxygens (including phenoxy) is 1. The maximum atomic E-state index is 5.95. The van der Waals surface area contributed by atoms with Gasteiger partial charge in [-0.15, -0.1) is 0 Å². The smallest absolute Gasteiger partial charge is 0.103 e. The van der Waals surface area contributed by atoms with Crippen molar-refractivity contribution in [3.05, 3.63) is 47.5 Å². The average molecular weight is 300 g/mol. The van der Waals surface area contributed by atoms with Crippen LogP contribution in [0.3, 0.4) is 0 Å². The van der Waals surface area contributed by atoms with Crippen molar-refractivity contribution >= 4 is 0 Å². The van der Waals surface area contributed by atoms with Gasteiger partial charge in [0.05, 0.1) is 11.4 Å². The lowest BCUT2D eigenvalue weighted by atomic mass is 9.99. The molecule has 0 spiro atoms. The van der Waals surface area contributed by atoms with Crippen LogP contribution in [0.1, 0.15) is 36.4 Å². The normalized spacial score (nSPS) is 21.4. The number of hydrogen-bond acceptors (Lipinski definition) is 4. The molecular formula is C17H24N4O. The highest BCUT2D eigenvalue weighted by Gasteiger charge is 2.31. The van der Waals surface area contributed by atoms with Gasteiger partial charge in [0.1, 0.15) is 6.10 Å². The molecule has 0 bridgehead atoms. The van der Waals surface area contributed by atoms with Crippen LogP contribution in [0.2, 0.25) is 0 Å². The summed E-state index contributed by atoms with van der Waals surface area (Å²) in [7, 11) is 0. The molecule has 5 nitrogen and oxygen atoms in total. The predicted molar refractivity (Wildman–Crippen MR) is 85.4 cm³/mol. The summed E-state index contributed by atoms with van der Waals surface area (Å²) in [6.45, 7) is 7.62. The van der Waals surface area contributed by atoms with Crippen LogP contribution < -0.4 is 5.32 Å². The summed E-state index contributed by atoms with van der Waals surface area (Å²) in [5, 5.41) is 7.88. The van der Waals surface area contributed by atoms with E-state index in [1.165, 1.54) is 11.3 Å². The SMILES string of the molecule is CCn1nccc1[C@@H]1OCC[C@H]1CNCc1ccc(C)cn1. The van der Waals surface area contributed by atoms with Gasteiger partial charge in [-0.2, -0.15) is 5.10 Å². The molecular weight excluding hydrogens is 276 g/mol. The van der Waals surface area contributed by atoms with Crippen LogP contribution in [0.25, 0.3) is 0 Å². The lowest BCUT2D eigenvalue weighted by Gasteiger charge is -2.20. The van der Waals surface area contributed by atoms with Gasteiger partial charge in [0.2, 0.25) is 0 Å². The molecule has 0 radical (unpaired) electrons. The Morgan fingerprint density at radius 3 is 3.05 bits per heavy atom. The minimum Gasteiger partial charge on any atom is -0.372 e. The Balaban J connectivity index is 1.56. The van der Waals surface area contributed by atoms with Gasteiger partial charge in [-0.25, -0.2) is 0 Å². The molecule has 0 aromatic carbocycles. The molecule has 2 aromatic rings. The van der Waals surface area contributed by atoms with Gasteiger partial charge in [0, 0.05) is 44.6 Å². The standard InChI is InChI=1S/C17H24N4O/c1-3-21-16(6-8-20-21)17-14(7-9-22-17)11-18-12-15-5-4-13(2)10-19-15/h4-6,8,10,14,17-18H,3,7,9,11-12H2,1-2H3/t14-,17+/m0/s1. The fourth-order valence-corrected chi connectivity index (χ4v) is 3.01. The first kappa shape index (κ1) is 15.2. The lowest BCUT2D eigenvalue weighted by Crippen LogP contribution is -2.26. The first-order valence-electron chi connectivity index (χ1n) is 8.03. The predicted octanol–water partition coefficient (Wildman–Crippen LogP) is 2.47.